The summed E-state index contributed by atoms with van der Waals surface area (Å²) >= 11 is 0. The second-order valence-electron chi connectivity index (χ2n) is 5.94. The lowest BCUT2D eigenvalue weighted by Gasteiger charge is -2.18. The van der Waals surface area contributed by atoms with Crippen LogP contribution in [-0.4, -0.2) is 34.5 Å². The van der Waals surface area contributed by atoms with Crippen molar-refractivity contribution in [2.45, 2.75) is 45.6 Å². The van der Waals surface area contributed by atoms with Crippen LogP contribution >= 0.6 is 0 Å². The molecule has 0 saturated carbocycles. The Morgan fingerprint density at radius 1 is 1.09 bits per heavy atom. The highest BCUT2D eigenvalue weighted by atomic mass is 16.3. The van der Waals surface area contributed by atoms with Crippen LogP contribution in [0.1, 0.15) is 60.2 Å². The van der Waals surface area contributed by atoms with Gasteiger partial charge in [-0.15, -0.1) is 0 Å². The van der Waals surface area contributed by atoms with Gasteiger partial charge in [0.1, 0.15) is 0 Å². The quantitative estimate of drug-likeness (QED) is 0.674. The summed E-state index contributed by atoms with van der Waals surface area (Å²) in [6, 6.07) is 7.05. The summed E-state index contributed by atoms with van der Waals surface area (Å²) in [5.74, 6) is -0.302. The Morgan fingerprint density at radius 3 is 2.09 bits per heavy atom. The molecule has 3 rings (SSSR count). The molecule has 2 aliphatic rings. The number of benzene rings is 1. The second-order valence-corrected chi connectivity index (χ2v) is 5.94. The zero-order chi connectivity index (χ0) is 16.1. The van der Waals surface area contributed by atoms with E-state index in [4.69, 9.17) is 5.11 Å². The zero-order valence-corrected chi connectivity index (χ0v) is 13.2. The van der Waals surface area contributed by atoms with Crippen molar-refractivity contribution < 1.29 is 14.7 Å². The highest BCUT2D eigenvalue weighted by Gasteiger charge is 2.35. The molecule has 1 aliphatic heterocycles. The molecule has 0 radical (unpaired) electrons. The molecule has 0 bridgehead atoms. The number of hydrogen-bond donors (Lipinski definition) is 1. The van der Waals surface area contributed by atoms with Gasteiger partial charge in [0, 0.05) is 6.10 Å². The number of imide groups is 1. The van der Waals surface area contributed by atoms with E-state index >= 15 is 0 Å². The zero-order valence-electron chi connectivity index (χ0n) is 13.2. The molecule has 2 amide bonds. The minimum absolute atomic E-state index is 0.151. The predicted molar refractivity (Wildman–Crippen MR) is 85.7 cm³/mol. The van der Waals surface area contributed by atoms with Gasteiger partial charge in [0.15, 0.2) is 0 Å². The van der Waals surface area contributed by atoms with Crippen molar-refractivity contribution in [2.75, 3.05) is 6.54 Å². The van der Waals surface area contributed by atoms with E-state index < -0.39 is 0 Å². The summed E-state index contributed by atoms with van der Waals surface area (Å²) < 4.78 is 0. The minimum atomic E-state index is -0.167. The van der Waals surface area contributed by atoms with Crippen LogP contribution in [0, 0.1) is 0 Å². The lowest BCUT2D eigenvalue weighted by molar-refractivity contribution is 0.0666. The van der Waals surface area contributed by atoms with Gasteiger partial charge in [-0.1, -0.05) is 23.8 Å². The van der Waals surface area contributed by atoms with Crippen molar-refractivity contribution in [3.63, 3.8) is 0 Å². The summed E-state index contributed by atoms with van der Waals surface area (Å²) in [5.41, 5.74) is 2.30. The first-order chi connectivity index (χ1) is 10.5. The number of amides is 2. The van der Waals surface area contributed by atoms with Crippen LogP contribution in [0.15, 0.2) is 35.9 Å². The maximum absolute atomic E-state index is 12.2. The number of nitrogens with zero attached hydrogens (tertiary/aromatic N) is 1. The normalized spacial score (nSPS) is 17.1. The fraction of sp³-hybridized carbons (Fsp3) is 0.444. The molecule has 118 valence electrons. The van der Waals surface area contributed by atoms with E-state index in [1.165, 1.54) is 16.9 Å². The van der Waals surface area contributed by atoms with E-state index in [9.17, 15) is 9.59 Å². The van der Waals surface area contributed by atoms with E-state index in [1.54, 1.807) is 38.1 Å². The van der Waals surface area contributed by atoms with Crippen LogP contribution in [0.4, 0.5) is 0 Å². The summed E-state index contributed by atoms with van der Waals surface area (Å²) in [7, 11) is 0. The standard InChI is InChI=1S/C15H15NO2.C3H8O/c17-14-12-8-4-5-9-13(12)15(18)16(14)10-11-6-2-1-3-7-11;1-3(2)4/h4-6,8-9H,1-3,7,10H2;3-4H,1-2H3. The number of aliphatic hydroxyl groups is 1. The maximum atomic E-state index is 12.2. The average molecular weight is 301 g/mol. The average Bonchev–Trinajstić information content (AvgIpc) is 2.74. The fourth-order valence-electron chi connectivity index (χ4n) is 2.63. The molecule has 0 atom stereocenters. The van der Waals surface area contributed by atoms with Gasteiger partial charge < -0.3 is 5.11 Å². The Bertz CT molecular complexity index is 552. The first kappa shape index (κ1) is 16.4. The van der Waals surface area contributed by atoms with Crippen molar-refractivity contribution in [3.8, 4) is 0 Å². The molecule has 0 fully saturated rings. The van der Waals surface area contributed by atoms with Gasteiger partial charge in [-0.2, -0.15) is 0 Å². The van der Waals surface area contributed by atoms with Crippen LogP contribution in [0.3, 0.4) is 0 Å². The Kier molecular flexibility index (Phi) is 5.50. The van der Waals surface area contributed by atoms with E-state index in [-0.39, 0.29) is 17.9 Å². The summed E-state index contributed by atoms with van der Waals surface area (Å²) in [4.78, 5) is 25.7. The minimum Gasteiger partial charge on any atom is -0.394 e. The van der Waals surface area contributed by atoms with Crippen LogP contribution < -0.4 is 0 Å². The molecule has 1 aromatic rings. The molecule has 0 spiro atoms. The first-order valence-corrected chi connectivity index (χ1v) is 7.82. The van der Waals surface area contributed by atoms with Crippen molar-refractivity contribution in [1.29, 1.82) is 0 Å². The molecule has 1 heterocycles. The van der Waals surface area contributed by atoms with Gasteiger partial charge in [-0.05, 0) is 51.7 Å². The van der Waals surface area contributed by atoms with Gasteiger partial charge in [-0.3, -0.25) is 14.5 Å². The van der Waals surface area contributed by atoms with Crippen LogP contribution in [0.5, 0.6) is 0 Å². The largest absolute Gasteiger partial charge is 0.394 e. The molecular weight excluding hydrogens is 278 g/mol. The van der Waals surface area contributed by atoms with Crippen molar-refractivity contribution >= 4 is 11.8 Å². The van der Waals surface area contributed by atoms with Crippen molar-refractivity contribution in [3.05, 3.63) is 47.0 Å². The van der Waals surface area contributed by atoms with Crippen LogP contribution in [0.2, 0.25) is 0 Å². The lowest BCUT2D eigenvalue weighted by atomic mass is 9.99. The topological polar surface area (TPSA) is 57.6 Å². The van der Waals surface area contributed by atoms with E-state index in [0.717, 1.165) is 19.3 Å². The molecule has 0 unspecified atom stereocenters. The smallest absolute Gasteiger partial charge is 0.261 e. The summed E-state index contributed by atoms with van der Waals surface area (Å²) in [6.45, 7) is 3.91. The molecule has 1 N–H and O–H groups in total. The Hall–Kier alpha value is -1.94. The van der Waals surface area contributed by atoms with Crippen molar-refractivity contribution in [1.82, 2.24) is 4.90 Å². The number of carbonyl (C=O) groups is 2. The highest BCUT2D eigenvalue weighted by molar-refractivity contribution is 6.21. The maximum Gasteiger partial charge on any atom is 0.261 e. The number of hydrogen-bond acceptors (Lipinski definition) is 3. The third-order valence-corrected chi connectivity index (χ3v) is 3.62. The Balaban J connectivity index is 0.000000396. The molecule has 22 heavy (non-hydrogen) atoms. The molecular formula is C18H23NO3. The number of aliphatic hydroxyl groups excluding tert-OH is 1. The highest BCUT2D eigenvalue weighted by Crippen LogP contribution is 2.25. The molecule has 1 aromatic carbocycles. The molecule has 1 aliphatic carbocycles. The lowest BCUT2D eigenvalue weighted by Crippen LogP contribution is -2.32. The van der Waals surface area contributed by atoms with Gasteiger partial charge >= 0.3 is 0 Å². The second kappa shape index (κ2) is 7.36. The van der Waals surface area contributed by atoms with E-state index in [2.05, 4.69) is 6.08 Å². The van der Waals surface area contributed by atoms with Gasteiger partial charge in [-0.25, -0.2) is 0 Å². The number of fused-ring (bicyclic) bond motifs is 1. The molecule has 0 aromatic heterocycles. The first-order valence-electron chi connectivity index (χ1n) is 7.82. The molecule has 0 saturated heterocycles. The molecule has 4 nitrogen and oxygen atoms in total. The third kappa shape index (κ3) is 3.83. The summed E-state index contributed by atoms with van der Waals surface area (Å²) in [5, 5.41) is 8.06. The van der Waals surface area contributed by atoms with Gasteiger partial charge in [0.05, 0.1) is 17.7 Å². The predicted octanol–water partition coefficient (Wildman–Crippen LogP) is 3.17. The van der Waals surface area contributed by atoms with Gasteiger partial charge in [0.25, 0.3) is 11.8 Å². The third-order valence-electron chi connectivity index (χ3n) is 3.62. The number of carbonyl (C=O) groups excluding carboxylic acids is 2. The SMILES string of the molecule is CC(C)O.O=C1c2ccccc2C(=O)N1CC1=CCCCC1. The fourth-order valence-corrected chi connectivity index (χ4v) is 2.63. The Morgan fingerprint density at radius 2 is 1.64 bits per heavy atom. The van der Waals surface area contributed by atoms with Crippen LogP contribution in [-0.2, 0) is 0 Å². The summed E-state index contributed by atoms with van der Waals surface area (Å²) in [6.07, 6.45) is 6.46. The van der Waals surface area contributed by atoms with Crippen LogP contribution in [0.25, 0.3) is 0 Å². The van der Waals surface area contributed by atoms with E-state index in [0.29, 0.717) is 17.7 Å². The number of allylic oxidation sites excluding steroid dienone is 1. The monoisotopic (exact) mass is 301 g/mol. The Labute approximate surface area is 131 Å². The number of rotatable bonds is 2. The van der Waals surface area contributed by atoms with Crippen molar-refractivity contribution in [2.24, 2.45) is 0 Å². The van der Waals surface area contributed by atoms with Gasteiger partial charge in [0.2, 0.25) is 0 Å². The molecule has 4 heteroatoms. The van der Waals surface area contributed by atoms with E-state index in [1.807, 2.05) is 0 Å².